The molecule has 0 spiro atoms. The van der Waals surface area contributed by atoms with Gasteiger partial charge in [0.2, 0.25) is 0 Å². The van der Waals surface area contributed by atoms with E-state index in [1.165, 1.54) is 30.4 Å². The van der Waals surface area contributed by atoms with Crippen LogP contribution in [0.1, 0.15) is 20.8 Å². The number of nitriles is 2. The lowest BCUT2D eigenvalue weighted by atomic mass is 10.1. The molecular weight excluding hydrogens is 280 g/mol. The molecule has 19 heavy (non-hydrogen) atoms. The van der Waals surface area contributed by atoms with E-state index >= 15 is 0 Å². The molecular formula is C13H10N2O2S2. The number of aldehydes is 1. The standard InChI is InChI=1S/C13H10N2O2S2/c1-7(6-16)11-12(8(2)9(3)17)19-13(18-11)10(4-14)5-15/h6H,1-3H3. The second-order valence-corrected chi connectivity index (χ2v) is 6.03. The molecule has 0 amide bonds. The molecule has 0 aromatic carbocycles. The van der Waals surface area contributed by atoms with Gasteiger partial charge in [0.05, 0.1) is 4.24 Å². The number of Topliss-reactive ketones (excluding diaryl/α,β-unsaturated/α-hetero) is 1. The fourth-order valence-corrected chi connectivity index (χ4v) is 3.92. The summed E-state index contributed by atoms with van der Waals surface area (Å²) in [5.74, 6) is -0.101. The minimum atomic E-state index is -0.101. The summed E-state index contributed by atoms with van der Waals surface area (Å²) < 4.78 is 0.511. The molecule has 1 saturated heterocycles. The monoisotopic (exact) mass is 290 g/mol. The van der Waals surface area contributed by atoms with E-state index in [1.54, 1.807) is 13.8 Å². The zero-order valence-electron chi connectivity index (χ0n) is 10.6. The van der Waals surface area contributed by atoms with Gasteiger partial charge in [-0.3, -0.25) is 9.59 Å². The number of carbonyl (C=O) groups excluding carboxylic acids is 2. The van der Waals surface area contributed by atoms with Crippen LogP contribution in [0.2, 0.25) is 0 Å². The molecule has 1 fully saturated rings. The number of thioether (sulfide) groups is 2. The van der Waals surface area contributed by atoms with E-state index in [4.69, 9.17) is 10.5 Å². The smallest absolute Gasteiger partial charge is 0.156 e. The van der Waals surface area contributed by atoms with Gasteiger partial charge in [0.1, 0.15) is 24.0 Å². The number of carbonyl (C=O) groups is 2. The molecule has 96 valence electrons. The molecule has 0 saturated carbocycles. The zero-order valence-corrected chi connectivity index (χ0v) is 12.2. The van der Waals surface area contributed by atoms with Crippen molar-refractivity contribution in [1.82, 2.24) is 0 Å². The van der Waals surface area contributed by atoms with Gasteiger partial charge in [-0.25, -0.2) is 0 Å². The predicted molar refractivity (Wildman–Crippen MR) is 75.6 cm³/mol. The average molecular weight is 290 g/mol. The Bertz CT molecular complexity index is 612. The third-order valence-electron chi connectivity index (χ3n) is 2.43. The summed E-state index contributed by atoms with van der Waals surface area (Å²) in [5, 5.41) is 17.8. The van der Waals surface area contributed by atoms with Crippen molar-refractivity contribution in [2.24, 2.45) is 0 Å². The molecule has 0 aromatic heterocycles. The Labute approximate surface area is 119 Å². The molecule has 0 bridgehead atoms. The number of ketones is 1. The van der Waals surface area contributed by atoms with Crippen LogP contribution >= 0.6 is 23.5 Å². The molecule has 0 radical (unpaired) electrons. The Balaban J connectivity index is 3.51. The van der Waals surface area contributed by atoms with Crippen molar-refractivity contribution in [2.45, 2.75) is 20.8 Å². The van der Waals surface area contributed by atoms with E-state index in [9.17, 15) is 9.59 Å². The van der Waals surface area contributed by atoms with Crippen molar-refractivity contribution in [3.63, 3.8) is 0 Å². The van der Waals surface area contributed by atoms with E-state index in [0.717, 1.165) is 0 Å². The highest BCUT2D eigenvalue weighted by Gasteiger charge is 2.28. The van der Waals surface area contributed by atoms with Crippen LogP contribution in [0.5, 0.6) is 0 Å². The quantitative estimate of drug-likeness (QED) is 0.441. The fraction of sp³-hybridized carbons (Fsp3) is 0.231. The molecule has 1 aliphatic heterocycles. The number of allylic oxidation sites excluding steroid dienone is 3. The van der Waals surface area contributed by atoms with Crippen molar-refractivity contribution >= 4 is 35.6 Å². The van der Waals surface area contributed by atoms with Crippen LogP contribution in [0.4, 0.5) is 0 Å². The van der Waals surface area contributed by atoms with Gasteiger partial charge in [0.15, 0.2) is 5.78 Å². The summed E-state index contributed by atoms with van der Waals surface area (Å²) in [6, 6.07) is 3.64. The van der Waals surface area contributed by atoms with E-state index < -0.39 is 0 Å². The molecule has 0 unspecified atom stereocenters. The lowest BCUT2D eigenvalue weighted by molar-refractivity contribution is -0.113. The highest BCUT2D eigenvalue weighted by Crippen LogP contribution is 2.55. The van der Waals surface area contributed by atoms with Gasteiger partial charge in [0.25, 0.3) is 0 Å². The van der Waals surface area contributed by atoms with Crippen LogP contribution in [-0.4, -0.2) is 12.1 Å². The third kappa shape index (κ3) is 3.17. The van der Waals surface area contributed by atoms with Crippen molar-refractivity contribution in [2.75, 3.05) is 0 Å². The van der Waals surface area contributed by atoms with Crippen LogP contribution in [0, 0.1) is 22.7 Å². The number of rotatable bonds is 2. The Morgan fingerprint density at radius 1 is 1.11 bits per heavy atom. The first-order chi connectivity index (χ1) is 8.96. The van der Waals surface area contributed by atoms with Crippen molar-refractivity contribution < 1.29 is 9.59 Å². The molecule has 6 heteroatoms. The summed E-state index contributed by atoms with van der Waals surface area (Å²) in [6.07, 6.45) is 0.706. The topological polar surface area (TPSA) is 81.7 Å². The van der Waals surface area contributed by atoms with E-state index in [-0.39, 0.29) is 11.4 Å². The van der Waals surface area contributed by atoms with Gasteiger partial charge in [0, 0.05) is 21.0 Å². The van der Waals surface area contributed by atoms with Gasteiger partial charge in [-0.15, -0.1) is 0 Å². The maximum Gasteiger partial charge on any atom is 0.156 e. The van der Waals surface area contributed by atoms with Crippen molar-refractivity contribution in [1.29, 1.82) is 10.5 Å². The zero-order chi connectivity index (χ0) is 14.6. The van der Waals surface area contributed by atoms with Gasteiger partial charge < -0.3 is 0 Å². The molecule has 0 aliphatic carbocycles. The molecule has 0 aromatic rings. The lowest BCUT2D eigenvalue weighted by Gasteiger charge is -2.03. The van der Waals surface area contributed by atoms with Gasteiger partial charge in [-0.1, -0.05) is 23.5 Å². The number of nitrogens with zero attached hydrogens (tertiary/aromatic N) is 2. The van der Waals surface area contributed by atoms with Crippen LogP contribution in [-0.2, 0) is 9.59 Å². The summed E-state index contributed by atoms with van der Waals surface area (Å²) in [7, 11) is 0. The molecule has 1 rings (SSSR count). The minimum absolute atomic E-state index is 0.00227. The average Bonchev–Trinajstić information content (AvgIpc) is 2.83. The van der Waals surface area contributed by atoms with Crippen LogP contribution in [0.15, 0.2) is 30.8 Å². The predicted octanol–water partition coefficient (Wildman–Crippen LogP) is 3.06. The largest absolute Gasteiger partial charge is 0.298 e. The summed E-state index contributed by atoms with van der Waals surface area (Å²) in [6.45, 7) is 4.76. The SMILES string of the molecule is CC(=O)C(C)=C1SC(=C(C#N)C#N)SC1=C(C)C=O. The minimum Gasteiger partial charge on any atom is -0.298 e. The summed E-state index contributed by atoms with van der Waals surface area (Å²) in [5.41, 5.74) is 1.01. The molecule has 4 nitrogen and oxygen atoms in total. The highest BCUT2D eigenvalue weighted by atomic mass is 32.2. The van der Waals surface area contributed by atoms with Gasteiger partial charge in [-0.05, 0) is 20.8 Å². The molecule has 1 aliphatic rings. The van der Waals surface area contributed by atoms with Crippen LogP contribution < -0.4 is 0 Å². The first-order valence-corrected chi connectivity index (χ1v) is 6.88. The molecule has 0 atom stereocenters. The third-order valence-corrected chi connectivity index (χ3v) is 5.28. The van der Waals surface area contributed by atoms with E-state index in [2.05, 4.69) is 0 Å². The Morgan fingerprint density at radius 3 is 2.05 bits per heavy atom. The second-order valence-electron chi connectivity index (χ2n) is 3.73. The fourth-order valence-electron chi connectivity index (χ4n) is 1.24. The first-order valence-electron chi connectivity index (χ1n) is 5.24. The lowest BCUT2D eigenvalue weighted by Crippen LogP contribution is -1.96. The second kappa shape index (κ2) is 6.42. The molecule has 0 N–H and O–H groups in total. The Kier molecular flexibility index (Phi) is 5.17. The van der Waals surface area contributed by atoms with Crippen LogP contribution in [0.3, 0.4) is 0 Å². The number of hydrogen-bond acceptors (Lipinski definition) is 6. The maximum atomic E-state index is 11.5. The van der Waals surface area contributed by atoms with Crippen molar-refractivity contribution in [3.8, 4) is 12.1 Å². The van der Waals surface area contributed by atoms with Crippen molar-refractivity contribution in [3.05, 3.63) is 30.8 Å². The normalized spacial score (nSPS) is 19.3. The van der Waals surface area contributed by atoms with E-state index in [0.29, 0.717) is 31.5 Å². The Hall–Kier alpha value is -1.76. The summed E-state index contributed by atoms with van der Waals surface area (Å²) >= 11 is 2.39. The van der Waals surface area contributed by atoms with Crippen LogP contribution in [0.25, 0.3) is 0 Å². The maximum absolute atomic E-state index is 11.5. The summed E-state index contributed by atoms with van der Waals surface area (Å²) in [4.78, 5) is 23.7. The first kappa shape index (κ1) is 15.3. The number of hydrogen-bond donors (Lipinski definition) is 0. The highest BCUT2D eigenvalue weighted by molar-refractivity contribution is 8.29. The molecule has 1 heterocycles. The Morgan fingerprint density at radius 2 is 1.63 bits per heavy atom. The van der Waals surface area contributed by atoms with Gasteiger partial charge >= 0.3 is 0 Å². The van der Waals surface area contributed by atoms with Gasteiger partial charge in [-0.2, -0.15) is 10.5 Å². The van der Waals surface area contributed by atoms with E-state index in [1.807, 2.05) is 12.1 Å².